The molecule has 3 rings (SSSR count). The van der Waals surface area contributed by atoms with Crippen molar-refractivity contribution >= 4 is 0 Å². The van der Waals surface area contributed by atoms with Crippen LogP contribution in [0.15, 0.2) is 36.7 Å². The van der Waals surface area contributed by atoms with Crippen LogP contribution in [-0.2, 0) is 6.42 Å². The van der Waals surface area contributed by atoms with Gasteiger partial charge in [-0.1, -0.05) is 18.2 Å². The molecular formula is C17H23N3O. The fraction of sp³-hybridized carbons (Fsp3) is 0.471. The maximum absolute atomic E-state index is 6.06. The molecule has 0 saturated heterocycles. The van der Waals surface area contributed by atoms with E-state index in [1.54, 1.807) is 6.20 Å². The Balaban J connectivity index is 1.59. The van der Waals surface area contributed by atoms with Gasteiger partial charge in [-0.25, -0.2) is 4.98 Å². The van der Waals surface area contributed by atoms with E-state index < -0.39 is 0 Å². The summed E-state index contributed by atoms with van der Waals surface area (Å²) in [6, 6.07) is 8.70. The van der Waals surface area contributed by atoms with E-state index in [-0.39, 0.29) is 5.60 Å². The predicted octanol–water partition coefficient (Wildman–Crippen LogP) is 3.23. The van der Waals surface area contributed by atoms with Gasteiger partial charge in [0.05, 0.1) is 0 Å². The second kappa shape index (κ2) is 5.90. The first-order valence-electron chi connectivity index (χ1n) is 7.64. The number of aromatic amines is 1. The molecule has 0 bridgehead atoms. The third-order valence-corrected chi connectivity index (χ3v) is 3.91. The third kappa shape index (κ3) is 3.45. The van der Waals surface area contributed by atoms with E-state index in [4.69, 9.17) is 4.74 Å². The number of nitrogens with one attached hydrogen (secondary N) is 2. The average Bonchev–Trinajstić information content (AvgIpc) is 2.95. The lowest BCUT2D eigenvalue weighted by atomic mass is 9.89. The van der Waals surface area contributed by atoms with Crippen molar-refractivity contribution in [1.29, 1.82) is 0 Å². The van der Waals surface area contributed by atoms with Crippen LogP contribution in [0.1, 0.15) is 44.1 Å². The van der Waals surface area contributed by atoms with Crippen LogP contribution >= 0.6 is 0 Å². The Bertz CT molecular complexity index is 577. The minimum atomic E-state index is -0.118. The molecule has 0 spiro atoms. The highest BCUT2D eigenvalue weighted by atomic mass is 16.5. The summed E-state index contributed by atoms with van der Waals surface area (Å²) in [7, 11) is 0. The number of aromatic nitrogens is 2. The maximum Gasteiger partial charge on any atom is 0.124 e. The standard InChI is InChI=1S/C17H23N3O/c1-17(2)12-14(13-6-3-4-7-15(13)21-17)18-9-5-8-16-19-10-11-20-16/h3-4,6-7,10-11,14,18H,5,8-9,12H2,1-2H3,(H,19,20). The van der Waals surface area contributed by atoms with E-state index >= 15 is 0 Å². The van der Waals surface area contributed by atoms with Gasteiger partial charge in [-0.3, -0.25) is 0 Å². The number of hydrogen-bond acceptors (Lipinski definition) is 3. The van der Waals surface area contributed by atoms with Crippen LogP contribution in [0.5, 0.6) is 5.75 Å². The van der Waals surface area contributed by atoms with Crippen LogP contribution in [-0.4, -0.2) is 22.1 Å². The number of H-pyrrole nitrogens is 1. The van der Waals surface area contributed by atoms with E-state index in [0.29, 0.717) is 6.04 Å². The van der Waals surface area contributed by atoms with Crippen LogP contribution in [0.3, 0.4) is 0 Å². The summed E-state index contributed by atoms with van der Waals surface area (Å²) in [5.74, 6) is 2.07. The number of aryl methyl sites for hydroxylation is 1. The molecule has 2 heterocycles. The largest absolute Gasteiger partial charge is 0.487 e. The second-order valence-corrected chi connectivity index (χ2v) is 6.25. The molecule has 4 nitrogen and oxygen atoms in total. The van der Waals surface area contributed by atoms with Crippen molar-refractivity contribution < 1.29 is 4.74 Å². The number of benzene rings is 1. The molecule has 0 aliphatic carbocycles. The van der Waals surface area contributed by atoms with Crippen LogP contribution in [0, 0.1) is 0 Å². The van der Waals surface area contributed by atoms with Gasteiger partial charge >= 0.3 is 0 Å². The first-order valence-corrected chi connectivity index (χ1v) is 7.64. The van der Waals surface area contributed by atoms with Gasteiger partial charge in [0.15, 0.2) is 0 Å². The van der Waals surface area contributed by atoms with Crippen molar-refractivity contribution in [3.05, 3.63) is 48.0 Å². The Morgan fingerprint density at radius 2 is 2.24 bits per heavy atom. The van der Waals surface area contributed by atoms with Crippen molar-refractivity contribution in [2.24, 2.45) is 0 Å². The smallest absolute Gasteiger partial charge is 0.124 e. The highest BCUT2D eigenvalue weighted by Crippen LogP contribution is 2.39. The number of nitrogens with zero attached hydrogens (tertiary/aromatic N) is 1. The normalized spacial score (nSPS) is 19.8. The van der Waals surface area contributed by atoms with Gasteiger partial charge in [0.25, 0.3) is 0 Å². The summed E-state index contributed by atoms with van der Waals surface area (Å²) in [5.41, 5.74) is 1.15. The maximum atomic E-state index is 6.06. The topological polar surface area (TPSA) is 49.9 Å². The van der Waals surface area contributed by atoms with E-state index in [9.17, 15) is 0 Å². The van der Waals surface area contributed by atoms with Gasteiger partial charge in [-0.05, 0) is 32.9 Å². The lowest BCUT2D eigenvalue weighted by molar-refractivity contribution is 0.0661. The number of ether oxygens (including phenoxy) is 1. The van der Waals surface area contributed by atoms with Crippen molar-refractivity contribution in [1.82, 2.24) is 15.3 Å². The Labute approximate surface area is 125 Å². The fourth-order valence-corrected chi connectivity index (χ4v) is 2.95. The molecule has 21 heavy (non-hydrogen) atoms. The van der Waals surface area contributed by atoms with Crippen molar-refractivity contribution in [3.63, 3.8) is 0 Å². The Morgan fingerprint density at radius 1 is 1.38 bits per heavy atom. The molecule has 2 aromatic rings. The molecule has 0 saturated carbocycles. The highest BCUT2D eigenvalue weighted by molar-refractivity contribution is 5.38. The summed E-state index contributed by atoms with van der Waals surface area (Å²) in [6.45, 7) is 5.29. The average molecular weight is 285 g/mol. The van der Waals surface area contributed by atoms with Crippen LogP contribution in [0.2, 0.25) is 0 Å². The van der Waals surface area contributed by atoms with Gasteiger partial charge in [-0.2, -0.15) is 0 Å². The quantitative estimate of drug-likeness (QED) is 0.829. The molecule has 0 amide bonds. The van der Waals surface area contributed by atoms with Gasteiger partial charge < -0.3 is 15.0 Å². The zero-order chi connectivity index (χ0) is 14.7. The van der Waals surface area contributed by atoms with Crippen molar-refractivity contribution in [2.75, 3.05) is 6.54 Å². The Morgan fingerprint density at radius 3 is 3.05 bits per heavy atom. The lowest BCUT2D eigenvalue weighted by Crippen LogP contribution is -2.39. The van der Waals surface area contributed by atoms with Gasteiger partial charge in [-0.15, -0.1) is 0 Å². The second-order valence-electron chi connectivity index (χ2n) is 6.25. The third-order valence-electron chi connectivity index (χ3n) is 3.91. The first-order chi connectivity index (χ1) is 10.1. The summed E-state index contributed by atoms with van der Waals surface area (Å²) in [5, 5.41) is 3.67. The Hall–Kier alpha value is -1.81. The minimum absolute atomic E-state index is 0.118. The molecule has 112 valence electrons. The minimum Gasteiger partial charge on any atom is -0.487 e. The summed E-state index contributed by atoms with van der Waals surface area (Å²) in [4.78, 5) is 7.40. The summed E-state index contributed by atoms with van der Waals surface area (Å²) in [6.07, 6.45) is 6.73. The zero-order valence-corrected chi connectivity index (χ0v) is 12.7. The molecule has 0 radical (unpaired) electrons. The number of hydrogen-bond donors (Lipinski definition) is 2. The molecular weight excluding hydrogens is 262 g/mol. The fourth-order valence-electron chi connectivity index (χ4n) is 2.95. The van der Waals surface area contributed by atoms with E-state index in [0.717, 1.165) is 37.4 Å². The van der Waals surface area contributed by atoms with E-state index in [2.05, 4.69) is 47.3 Å². The summed E-state index contributed by atoms with van der Waals surface area (Å²) < 4.78 is 6.06. The molecule has 4 heteroatoms. The van der Waals surface area contributed by atoms with E-state index in [1.165, 1.54) is 5.56 Å². The molecule has 1 aromatic carbocycles. The van der Waals surface area contributed by atoms with Gasteiger partial charge in [0, 0.05) is 36.8 Å². The van der Waals surface area contributed by atoms with Crippen molar-refractivity contribution in [3.8, 4) is 5.75 Å². The lowest BCUT2D eigenvalue weighted by Gasteiger charge is -2.38. The molecule has 1 atom stereocenters. The highest BCUT2D eigenvalue weighted by Gasteiger charge is 2.32. The van der Waals surface area contributed by atoms with Crippen LogP contribution < -0.4 is 10.1 Å². The number of para-hydroxylation sites is 1. The monoisotopic (exact) mass is 285 g/mol. The number of fused-ring (bicyclic) bond motifs is 1. The van der Waals surface area contributed by atoms with E-state index in [1.807, 2.05) is 12.3 Å². The number of rotatable bonds is 5. The van der Waals surface area contributed by atoms with Crippen LogP contribution in [0.25, 0.3) is 0 Å². The zero-order valence-electron chi connectivity index (χ0n) is 12.7. The predicted molar refractivity (Wildman–Crippen MR) is 83.4 cm³/mol. The van der Waals surface area contributed by atoms with Crippen LogP contribution in [0.4, 0.5) is 0 Å². The van der Waals surface area contributed by atoms with Gasteiger partial charge in [0.2, 0.25) is 0 Å². The van der Waals surface area contributed by atoms with Gasteiger partial charge in [0.1, 0.15) is 17.2 Å². The Kier molecular flexibility index (Phi) is 3.97. The molecule has 1 unspecified atom stereocenters. The molecule has 0 fully saturated rings. The summed E-state index contributed by atoms with van der Waals surface area (Å²) >= 11 is 0. The SMILES string of the molecule is CC1(C)CC(NCCCc2ncc[nH]2)c2ccccc2O1. The molecule has 1 aromatic heterocycles. The molecule has 1 aliphatic rings. The number of imidazole rings is 1. The first kappa shape index (κ1) is 14.1. The van der Waals surface area contributed by atoms with Crippen molar-refractivity contribution in [2.45, 2.75) is 44.8 Å². The molecule has 2 N–H and O–H groups in total. The molecule has 1 aliphatic heterocycles.